The zero-order valence-electron chi connectivity index (χ0n) is 27.5. The number of para-hydroxylation sites is 2. The van der Waals surface area contributed by atoms with Gasteiger partial charge in [0.25, 0.3) is 0 Å². The van der Waals surface area contributed by atoms with Crippen LogP contribution in [0.3, 0.4) is 0 Å². The third-order valence-electron chi connectivity index (χ3n) is 9.59. The summed E-state index contributed by atoms with van der Waals surface area (Å²) >= 11 is 0. The van der Waals surface area contributed by atoms with Crippen molar-refractivity contribution in [2.75, 3.05) is 4.90 Å². The van der Waals surface area contributed by atoms with E-state index in [1.165, 1.54) is 55.2 Å². The minimum atomic E-state index is 1.10. The maximum atomic E-state index is 2.42. The number of anilines is 3. The Morgan fingerprint density at radius 3 is 1.46 bits per heavy atom. The van der Waals surface area contributed by atoms with E-state index in [4.69, 9.17) is 0 Å². The van der Waals surface area contributed by atoms with E-state index in [9.17, 15) is 0 Å². The normalized spacial score (nSPS) is 11.2. The van der Waals surface area contributed by atoms with Crippen LogP contribution in [0.1, 0.15) is 0 Å². The van der Waals surface area contributed by atoms with Crippen LogP contribution in [-0.4, -0.2) is 4.57 Å². The van der Waals surface area contributed by atoms with E-state index in [1.54, 1.807) is 0 Å². The number of nitrogens with zero attached hydrogens (tertiary/aromatic N) is 2. The number of hydrogen-bond donors (Lipinski definition) is 0. The maximum Gasteiger partial charge on any atom is 0.0562 e. The van der Waals surface area contributed by atoms with E-state index < -0.39 is 0 Å². The first-order chi connectivity index (χ1) is 24.8. The van der Waals surface area contributed by atoms with Crippen molar-refractivity contribution < 1.29 is 0 Å². The summed E-state index contributed by atoms with van der Waals surface area (Å²) in [5.74, 6) is 0. The molecule has 2 heteroatoms. The summed E-state index contributed by atoms with van der Waals surface area (Å²) in [6.07, 6.45) is 0. The summed E-state index contributed by atoms with van der Waals surface area (Å²) in [5, 5.41) is 2.44. The third kappa shape index (κ3) is 5.34. The molecule has 0 saturated heterocycles. The van der Waals surface area contributed by atoms with Crippen molar-refractivity contribution in [1.82, 2.24) is 4.57 Å². The van der Waals surface area contributed by atoms with Gasteiger partial charge < -0.3 is 9.47 Å². The third-order valence-corrected chi connectivity index (χ3v) is 9.59. The van der Waals surface area contributed by atoms with Gasteiger partial charge in [-0.3, -0.25) is 0 Å². The molecule has 2 nitrogen and oxygen atoms in total. The van der Waals surface area contributed by atoms with Crippen molar-refractivity contribution in [3.8, 4) is 39.1 Å². The fourth-order valence-electron chi connectivity index (χ4n) is 7.21. The van der Waals surface area contributed by atoms with Crippen molar-refractivity contribution in [1.29, 1.82) is 0 Å². The molecule has 0 aliphatic carbocycles. The molecule has 50 heavy (non-hydrogen) atoms. The summed E-state index contributed by atoms with van der Waals surface area (Å²) in [7, 11) is 0. The van der Waals surface area contributed by atoms with Crippen LogP contribution >= 0.6 is 0 Å². The molecule has 1 heterocycles. The molecule has 9 rings (SSSR count). The largest absolute Gasteiger partial charge is 0.310 e. The lowest BCUT2D eigenvalue weighted by Crippen LogP contribution is -2.10. The highest BCUT2D eigenvalue weighted by Crippen LogP contribution is 2.44. The van der Waals surface area contributed by atoms with Crippen LogP contribution < -0.4 is 4.90 Å². The minimum Gasteiger partial charge on any atom is -0.310 e. The highest BCUT2D eigenvalue weighted by atomic mass is 15.1. The van der Waals surface area contributed by atoms with E-state index >= 15 is 0 Å². The molecule has 0 aliphatic heterocycles. The van der Waals surface area contributed by atoms with Gasteiger partial charge in [0.2, 0.25) is 0 Å². The van der Waals surface area contributed by atoms with E-state index in [-0.39, 0.29) is 0 Å². The Morgan fingerprint density at radius 2 is 0.800 bits per heavy atom. The lowest BCUT2D eigenvalue weighted by molar-refractivity contribution is 1.18. The SMILES string of the molecule is c1ccc(-c2ccc(-c3ccc(N(c4cccc(-c5ccccc5)c4)c4cccc5c4c4ccccc4n5-c4ccccc4)cc3)cc2)cc1. The highest BCUT2D eigenvalue weighted by molar-refractivity contribution is 6.16. The number of rotatable bonds is 7. The molecule has 0 bridgehead atoms. The van der Waals surface area contributed by atoms with Crippen molar-refractivity contribution in [3.05, 3.63) is 206 Å². The predicted octanol–water partition coefficient (Wildman–Crippen LogP) is 13.3. The van der Waals surface area contributed by atoms with Gasteiger partial charge in [0.1, 0.15) is 0 Å². The van der Waals surface area contributed by atoms with Gasteiger partial charge in [0.15, 0.2) is 0 Å². The minimum absolute atomic E-state index is 1.10. The fourth-order valence-corrected chi connectivity index (χ4v) is 7.21. The topological polar surface area (TPSA) is 8.17 Å². The Hall–Kier alpha value is -6.64. The number of fused-ring (bicyclic) bond motifs is 3. The molecule has 0 amide bonds. The van der Waals surface area contributed by atoms with Crippen LogP contribution in [0.4, 0.5) is 17.1 Å². The molecule has 9 aromatic rings. The highest BCUT2D eigenvalue weighted by Gasteiger charge is 2.21. The van der Waals surface area contributed by atoms with Gasteiger partial charge in [-0.15, -0.1) is 0 Å². The average Bonchev–Trinajstić information content (AvgIpc) is 3.55. The van der Waals surface area contributed by atoms with Crippen LogP contribution in [0.15, 0.2) is 206 Å². The average molecular weight is 639 g/mol. The van der Waals surface area contributed by atoms with Crippen LogP contribution in [0.5, 0.6) is 0 Å². The molecule has 0 fully saturated rings. The molecule has 0 radical (unpaired) electrons. The van der Waals surface area contributed by atoms with E-state index in [0.717, 1.165) is 22.7 Å². The van der Waals surface area contributed by atoms with E-state index in [0.29, 0.717) is 0 Å². The van der Waals surface area contributed by atoms with Crippen LogP contribution in [0.25, 0.3) is 60.9 Å². The number of hydrogen-bond acceptors (Lipinski definition) is 1. The molecule has 0 N–H and O–H groups in total. The van der Waals surface area contributed by atoms with E-state index in [1.807, 2.05) is 0 Å². The lowest BCUT2D eigenvalue weighted by Gasteiger charge is -2.27. The Labute approximate surface area is 292 Å². The first kappa shape index (κ1) is 29.5. The second-order valence-electron chi connectivity index (χ2n) is 12.6. The van der Waals surface area contributed by atoms with Crippen molar-refractivity contribution in [3.63, 3.8) is 0 Å². The zero-order chi connectivity index (χ0) is 33.3. The molecule has 0 spiro atoms. The lowest BCUT2D eigenvalue weighted by atomic mass is 9.99. The summed E-state index contributed by atoms with van der Waals surface area (Å²) in [4.78, 5) is 2.42. The molecule has 0 saturated carbocycles. The van der Waals surface area contributed by atoms with Gasteiger partial charge in [-0.1, -0.05) is 152 Å². The molecule has 236 valence electrons. The number of aromatic nitrogens is 1. The summed E-state index contributed by atoms with van der Waals surface area (Å²) in [6.45, 7) is 0. The fraction of sp³-hybridized carbons (Fsp3) is 0. The van der Waals surface area contributed by atoms with Gasteiger partial charge >= 0.3 is 0 Å². The van der Waals surface area contributed by atoms with Gasteiger partial charge in [-0.05, 0) is 88.0 Å². The van der Waals surface area contributed by atoms with Crippen LogP contribution in [-0.2, 0) is 0 Å². The summed E-state index contributed by atoms with van der Waals surface area (Å²) in [5.41, 5.74) is 14.1. The standard InChI is InChI=1S/C48H34N2/c1-4-14-35(15-5-1)37-26-28-38(29-27-37)39-30-32-42(33-31-39)49(43-21-12-18-40(34-43)36-16-6-2-7-17-36)46-24-13-25-47-48(46)44-22-10-11-23-45(44)50(47)41-19-8-3-9-20-41/h1-34H. The molecular formula is C48H34N2. The number of benzene rings is 8. The summed E-state index contributed by atoms with van der Waals surface area (Å²) in [6, 6.07) is 74.0. The van der Waals surface area contributed by atoms with Gasteiger partial charge in [-0.25, -0.2) is 0 Å². The molecule has 0 unspecified atom stereocenters. The second kappa shape index (κ2) is 12.8. The molecule has 1 aromatic heterocycles. The van der Waals surface area contributed by atoms with Crippen LogP contribution in [0, 0.1) is 0 Å². The Bertz CT molecular complexity index is 2550. The first-order valence-electron chi connectivity index (χ1n) is 17.1. The maximum absolute atomic E-state index is 2.42. The van der Waals surface area contributed by atoms with E-state index in [2.05, 4.69) is 216 Å². The molecule has 8 aromatic carbocycles. The zero-order valence-corrected chi connectivity index (χ0v) is 27.5. The van der Waals surface area contributed by atoms with Crippen LogP contribution in [0.2, 0.25) is 0 Å². The van der Waals surface area contributed by atoms with Gasteiger partial charge in [-0.2, -0.15) is 0 Å². The smallest absolute Gasteiger partial charge is 0.0562 e. The van der Waals surface area contributed by atoms with Crippen molar-refractivity contribution >= 4 is 38.9 Å². The predicted molar refractivity (Wildman–Crippen MR) is 212 cm³/mol. The Kier molecular flexibility index (Phi) is 7.53. The second-order valence-corrected chi connectivity index (χ2v) is 12.6. The van der Waals surface area contributed by atoms with Gasteiger partial charge in [0, 0.05) is 27.8 Å². The molecule has 0 atom stereocenters. The summed E-state index contributed by atoms with van der Waals surface area (Å²) < 4.78 is 2.38. The van der Waals surface area contributed by atoms with Gasteiger partial charge in [0.05, 0.1) is 16.7 Å². The first-order valence-corrected chi connectivity index (χ1v) is 17.1. The molecule has 0 aliphatic rings. The van der Waals surface area contributed by atoms with Crippen molar-refractivity contribution in [2.45, 2.75) is 0 Å². The monoisotopic (exact) mass is 638 g/mol. The Morgan fingerprint density at radius 1 is 0.320 bits per heavy atom. The molecular weight excluding hydrogens is 605 g/mol. The Balaban J connectivity index is 1.21. The quantitative estimate of drug-likeness (QED) is 0.169. The van der Waals surface area contributed by atoms with Crippen molar-refractivity contribution in [2.24, 2.45) is 0 Å².